The van der Waals surface area contributed by atoms with Crippen molar-refractivity contribution in [1.29, 1.82) is 0 Å². The highest BCUT2D eigenvalue weighted by Crippen LogP contribution is 2.25. The van der Waals surface area contributed by atoms with Crippen molar-refractivity contribution in [3.05, 3.63) is 35.4 Å². The van der Waals surface area contributed by atoms with Crippen LogP contribution in [0.5, 0.6) is 0 Å². The molecule has 2 amide bonds. The molecule has 0 spiro atoms. The van der Waals surface area contributed by atoms with Crippen LogP contribution in [0.3, 0.4) is 0 Å². The molecule has 1 saturated carbocycles. The Morgan fingerprint density at radius 2 is 2.09 bits per heavy atom. The number of nitrogens with one attached hydrogen (secondary N) is 1. The summed E-state index contributed by atoms with van der Waals surface area (Å²) in [6.45, 7) is 2.11. The van der Waals surface area contributed by atoms with Gasteiger partial charge in [0.15, 0.2) is 0 Å². The molecule has 6 heteroatoms. The van der Waals surface area contributed by atoms with Gasteiger partial charge in [-0.3, -0.25) is 0 Å². The highest BCUT2D eigenvalue weighted by molar-refractivity contribution is 5.74. The van der Waals surface area contributed by atoms with E-state index in [4.69, 9.17) is 0 Å². The van der Waals surface area contributed by atoms with E-state index < -0.39 is 17.7 Å². The number of halogens is 2. The summed E-state index contributed by atoms with van der Waals surface area (Å²) < 4.78 is 26.7. The van der Waals surface area contributed by atoms with Crippen LogP contribution in [-0.4, -0.2) is 35.7 Å². The molecule has 128 valence electrons. The van der Waals surface area contributed by atoms with E-state index in [1.54, 1.807) is 14.0 Å². The fraction of sp³-hybridized carbons (Fsp3) is 0.588. The van der Waals surface area contributed by atoms with Gasteiger partial charge < -0.3 is 15.3 Å². The molecule has 1 aliphatic carbocycles. The summed E-state index contributed by atoms with van der Waals surface area (Å²) in [5.41, 5.74) is 0.242. The van der Waals surface area contributed by atoms with Crippen LogP contribution < -0.4 is 5.32 Å². The van der Waals surface area contributed by atoms with Crippen molar-refractivity contribution in [2.75, 3.05) is 13.6 Å². The average Bonchev–Trinajstić information content (AvgIpc) is 2.49. The van der Waals surface area contributed by atoms with Crippen LogP contribution in [0.2, 0.25) is 0 Å². The molecule has 0 bridgehead atoms. The SMILES string of the molecule is CC(NC(=O)N(C)CC1CCCCC1O)c1ccc(F)cc1F. The summed E-state index contributed by atoms with van der Waals surface area (Å²) >= 11 is 0. The van der Waals surface area contributed by atoms with Gasteiger partial charge in [-0.1, -0.05) is 18.9 Å². The Bertz CT molecular complexity index is 553. The van der Waals surface area contributed by atoms with Gasteiger partial charge in [-0.15, -0.1) is 0 Å². The number of rotatable bonds is 4. The molecule has 4 nitrogen and oxygen atoms in total. The van der Waals surface area contributed by atoms with Gasteiger partial charge in [-0.25, -0.2) is 13.6 Å². The van der Waals surface area contributed by atoms with Gasteiger partial charge in [0, 0.05) is 31.1 Å². The molecule has 0 aromatic heterocycles. The summed E-state index contributed by atoms with van der Waals surface area (Å²) in [6, 6.07) is 2.41. The first-order valence-corrected chi connectivity index (χ1v) is 8.03. The summed E-state index contributed by atoms with van der Waals surface area (Å²) in [4.78, 5) is 13.7. The molecule has 0 heterocycles. The lowest BCUT2D eigenvalue weighted by Crippen LogP contribution is -2.43. The van der Waals surface area contributed by atoms with Crippen LogP contribution in [0.15, 0.2) is 18.2 Å². The molecule has 3 atom stereocenters. The number of urea groups is 1. The van der Waals surface area contributed by atoms with E-state index in [0.717, 1.165) is 31.7 Å². The molecule has 1 fully saturated rings. The number of aliphatic hydroxyl groups excluding tert-OH is 1. The van der Waals surface area contributed by atoms with E-state index in [-0.39, 0.29) is 23.6 Å². The number of aliphatic hydroxyl groups is 1. The van der Waals surface area contributed by atoms with Crippen molar-refractivity contribution in [3.8, 4) is 0 Å². The number of hydrogen-bond acceptors (Lipinski definition) is 2. The minimum Gasteiger partial charge on any atom is -0.393 e. The van der Waals surface area contributed by atoms with E-state index in [1.807, 2.05) is 0 Å². The van der Waals surface area contributed by atoms with E-state index in [0.29, 0.717) is 6.54 Å². The lowest BCUT2D eigenvalue weighted by Gasteiger charge is -2.31. The summed E-state index contributed by atoms with van der Waals surface area (Å²) in [7, 11) is 1.66. The monoisotopic (exact) mass is 326 g/mol. The number of carbonyl (C=O) groups is 1. The van der Waals surface area contributed by atoms with Gasteiger partial charge in [0.2, 0.25) is 0 Å². The van der Waals surface area contributed by atoms with Crippen LogP contribution in [0.4, 0.5) is 13.6 Å². The second-order valence-electron chi connectivity index (χ2n) is 6.33. The maximum atomic E-state index is 13.7. The normalized spacial score (nSPS) is 22.5. The van der Waals surface area contributed by atoms with Gasteiger partial charge >= 0.3 is 6.03 Å². The van der Waals surface area contributed by atoms with Crippen molar-refractivity contribution in [3.63, 3.8) is 0 Å². The third-order valence-electron chi connectivity index (χ3n) is 4.49. The van der Waals surface area contributed by atoms with Crippen molar-refractivity contribution < 1.29 is 18.7 Å². The molecular formula is C17H24F2N2O2. The van der Waals surface area contributed by atoms with Gasteiger partial charge in [-0.05, 0) is 25.8 Å². The number of hydrogen-bond donors (Lipinski definition) is 2. The Morgan fingerprint density at radius 1 is 1.39 bits per heavy atom. The molecule has 1 aromatic rings. The first-order chi connectivity index (χ1) is 10.9. The van der Waals surface area contributed by atoms with E-state index in [1.165, 1.54) is 17.0 Å². The van der Waals surface area contributed by atoms with Crippen LogP contribution in [0.25, 0.3) is 0 Å². The van der Waals surface area contributed by atoms with Crippen LogP contribution in [0, 0.1) is 17.6 Å². The Hall–Kier alpha value is -1.69. The standard InChI is InChI=1S/C17H24F2N2O2/c1-11(14-8-7-13(18)9-15(14)19)20-17(23)21(2)10-12-5-3-4-6-16(12)22/h7-9,11-12,16,22H,3-6,10H2,1-2H3,(H,20,23). The summed E-state index contributed by atoms with van der Waals surface area (Å²) in [6.07, 6.45) is 3.40. The van der Waals surface area contributed by atoms with Crippen LogP contribution in [-0.2, 0) is 0 Å². The fourth-order valence-corrected chi connectivity index (χ4v) is 3.06. The Kier molecular flexibility index (Phi) is 5.93. The number of carbonyl (C=O) groups excluding carboxylic acids is 1. The average molecular weight is 326 g/mol. The maximum absolute atomic E-state index is 13.7. The molecule has 1 aromatic carbocycles. The first kappa shape index (κ1) is 17.7. The van der Waals surface area contributed by atoms with E-state index >= 15 is 0 Å². The Balaban J connectivity index is 1.92. The van der Waals surface area contributed by atoms with Gasteiger partial charge in [0.25, 0.3) is 0 Å². The second kappa shape index (κ2) is 7.73. The third-order valence-corrected chi connectivity index (χ3v) is 4.49. The third kappa shape index (κ3) is 4.64. The fourth-order valence-electron chi connectivity index (χ4n) is 3.06. The van der Waals surface area contributed by atoms with Gasteiger partial charge in [0.1, 0.15) is 11.6 Å². The Morgan fingerprint density at radius 3 is 2.74 bits per heavy atom. The minimum atomic E-state index is -0.678. The summed E-state index contributed by atoms with van der Waals surface area (Å²) in [5, 5.41) is 12.7. The molecular weight excluding hydrogens is 302 g/mol. The van der Waals surface area contributed by atoms with E-state index in [2.05, 4.69) is 5.32 Å². The first-order valence-electron chi connectivity index (χ1n) is 8.03. The predicted molar refractivity (Wildman–Crippen MR) is 83.9 cm³/mol. The molecule has 0 saturated heterocycles. The largest absolute Gasteiger partial charge is 0.393 e. The van der Waals surface area contributed by atoms with E-state index in [9.17, 15) is 18.7 Å². The quantitative estimate of drug-likeness (QED) is 0.892. The highest BCUT2D eigenvalue weighted by Gasteiger charge is 2.26. The van der Waals surface area contributed by atoms with Crippen LogP contribution >= 0.6 is 0 Å². The molecule has 0 radical (unpaired) electrons. The molecule has 3 unspecified atom stereocenters. The molecule has 1 aliphatic rings. The van der Waals surface area contributed by atoms with Gasteiger partial charge in [0.05, 0.1) is 12.1 Å². The lowest BCUT2D eigenvalue weighted by atomic mass is 9.86. The highest BCUT2D eigenvalue weighted by atomic mass is 19.1. The topological polar surface area (TPSA) is 52.6 Å². The van der Waals surface area contributed by atoms with Crippen molar-refractivity contribution >= 4 is 6.03 Å². The number of amides is 2. The predicted octanol–water partition coefficient (Wildman–Crippen LogP) is 3.22. The van der Waals surface area contributed by atoms with Crippen LogP contribution in [0.1, 0.15) is 44.2 Å². The Labute approximate surface area is 135 Å². The second-order valence-corrected chi connectivity index (χ2v) is 6.33. The van der Waals surface area contributed by atoms with Crippen molar-refractivity contribution in [1.82, 2.24) is 10.2 Å². The molecule has 0 aliphatic heterocycles. The molecule has 2 N–H and O–H groups in total. The van der Waals surface area contributed by atoms with Gasteiger partial charge in [-0.2, -0.15) is 0 Å². The minimum absolute atomic E-state index is 0.0809. The molecule has 2 rings (SSSR count). The van der Waals surface area contributed by atoms with Crippen molar-refractivity contribution in [2.45, 2.75) is 44.8 Å². The lowest BCUT2D eigenvalue weighted by molar-refractivity contribution is 0.0563. The molecule has 23 heavy (non-hydrogen) atoms. The zero-order chi connectivity index (χ0) is 17.0. The number of nitrogens with zero attached hydrogens (tertiary/aromatic N) is 1. The zero-order valence-corrected chi connectivity index (χ0v) is 13.6. The zero-order valence-electron chi connectivity index (χ0n) is 13.6. The van der Waals surface area contributed by atoms with Crippen molar-refractivity contribution in [2.24, 2.45) is 5.92 Å². The number of benzene rings is 1. The smallest absolute Gasteiger partial charge is 0.317 e. The summed E-state index contributed by atoms with van der Waals surface area (Å²) in [5.74, 6) is -1.24. The maximum Gasteiger partial charge on any atom is 0.317 e.